The molecule has 0 aliphatic carbocycles. The summed E-state index contributed by atoms with van der Waals surface area (Å²) in [4.78, 5) is 22.1. The van der Waals surface area contributed by atoms with Gasteiger partial charge in [-0.15, -0.1) is 0 Å². The molecule has 2 atom stereocenters. The minimum absolute atomic E-state index is 0.465. The van der Waals surface area contributed by atoms with Crippen molar-refractivity contribution in [3.8, 4) is 0 Å². The third kappa shape index (κ3) is 5.14. The number of carbonyl (C=O) groups is 2. The van der Waals surface area contributed by atoms with E-state index in [9.17, 15) is 9.59 Å². The second-order valence-electron chi connectivity index (χ2n) is 4.17. The Morgan fingerprint density at radius 3 is 1.38 bits per heavy atom. The van der Waals surface area contributed by atoms with Crippen LogP contribution in [0.2, 0.25) is 0 Å². The molecule has 0 rings (SSSR count). The molecule has 2 N–H and O–H groups in total. The molecular weight excluding hydrogens is 208 g/mol. The maximum absolute atomic E-state index is 11.1. The van der Waals surface area contributed by atoms with Crippen LogP contribution in [-0.4, -0.2) is 22.2 Å². The highest BCUT2D eigenvalue weighted by Crippen LogP contribution is 2.24. The molecule has 4 heteroatoms. The van der Waals surface area contributed by atoms with Gasteiger partial charge in [-0.2, -0.15) is 0 Å². The molecule has 0 saturated carbocycles. The van der Waals surface area contributed by atoms with Crippen LogP contribution in [0.4, 0.5) is 0 Å². The molecule has 0 radical (unpaired) electrons. The summed E-state index contributed by atoms with van der Waals surface area (Å²) in [5.41, 5.74) is 0. The normalized spacial score (nSPS) is 14.4. The fraction of sp³-hybridized carbons (Fsp3) is 0.833. The van der Waals surface area contributed by atoms with Gasteiger partial charge >= 0.3 is 11.9 Å². The number of hydrogen-bond acceptors (Lipinski definition) is 2. The lowest BCUT2D eigenvalue weighted by atomic mass is 9.84. The average molecular weight is 230 g/mol. The van der Waals surface area contributed by atoms with E-state index in [2.05, 4.69) is 0 Å². The lowest BCUT2D eigenvalue weighted by Gasteiger charge is -2.19. The minimum atomic E-state index is -0.975. The lowest BCUT2D eigenvalue weighted by Crippen LogP contribution is -2.29. The van der Waals surface area contributed by atoms with E-state index < -0.39 is 23.8 Å². The van der Waals surface area contributed by atoms with E-state index in [4.69, 9.17) is 10.2 Å². The van der Waals surface area contributed by atoms with Crippen LogP contribution in [0.15, 0.2) is 0 Å². The first-order valence-electron chi connectivity index (χ1n) is 6.00. The van der Waals surface area contributed by atoms with Crippen molar-refractivity contribution in [3.05, 3.63) is 0 Å². The predicted octanol–water partition coefficient (Wildman–Crippen LogP) is 2.77. The van der Waals surface area contributed by atoms with E-state index in [-0.39, 0.29) is 0 Å². The van der Waals surface area contributed by atoms with Crippen LogP contribution in [-0.2, 0) is 9.59 Å². The van der Waals surface area contributed by atoms with Gasteiger partial charge in [0.2, 0.25) is 0 Å². The van der Waals surface area contributed by atoms with Crippen LogP contribution in [0, 0.1) is 11.8 Å². The SMILES string of the molecule is CCCC[C@H](C(=O)O)[C@@H](CCCC)C(=O)O. The highest BCUT2D eigenvalue weighted by atomic mass is 16.4. The maximum atomic E-state index is 11.1. The van der Waals surface area contributed by atoms with Gasteiger partial charge in [-0.25, -0.2) is 0 Å². The van der Waals surface area contributed by atoms with Gasteiger partial charge in [0.25, 0.3) is 0 Å². The number of unbranched alkanes of at least 4 members (excludes halogenated alkanes) is 2. The zero-order valence-electron chi connectivity index (χ0n) is 10.1. The van der Waals surface area contributed by atoms with Crippen molar-refractivity contribution in [1.82, 2.24) is 0 Å². The highest BCUT2D eigenvalue weighted by Gasteiger charge is 2.32. The highest BCUT2D eigenvalue weighted by molar-refractivity contribution is 5.79. The first kappa shape index (κ1) is 14.9. The summed E-state index contributed by atoms with van der Waals surface area (Å²) in [6.45, 7) is 3.95. The molecule has 0 aromatic heterocycles. The van der Waals surface area contributed by atoms with Crippen molar-refractivity contribution in [1.29, 1.82) is 0 Å². The van der Waals surface area contributed by atoms with Gasteiger partial charge in [0.1, 0.15) is 0 Å². The van der Waals surface area contributed by atoms with Crippen LogP contribution in [0.3, 0.4) is 0 Å². The summed E-state index contributed by atoms with van der Waals surface area (Å²) in [6, 6.07) is 0. The smallest absolute Gasteiger partial charge is 0.307 e. The quantitative estimate of drug-likeness (QED) is 0.638. The Morgan fingerprint density at radius 2 is 1.19 bits per heavy atom. The third-order valence-corrected chi connectivity index (χ3v) is 2.86. The molecule has 0 aliphatic heterocycles. The predicted molar refractivity (Wildman–Crippen MR) is 61.3 cm³/mol. The summed E-state index contributed by atoms with van der Waals surface area (Å²) >= 11 is 0. The monoisotopic (exact) mass is 230 g/mol. The lowest BCUT2D eigenvalue weighted by molar-refractivity contribution is -0.154. The van der Waals surface area contributed by atoms with E-state index in [0.29, 0.717) is 12.8 Å². The fourth-order valence-electron chi connectivity index (χ4n) is 1.84. The summed E-state index contributed by atoms with van der Waals surface area (Å²) in [5.74, 6) is -3.41. The second kappa shape index (κ2) is 8.13. The number of carboxylic acid groups (broad SMARTS) is 2. The molecule has 0 aromatic carbocycles. The summed E-state index contributed by atoms with van der Waals surface area (Å²) in [7, 11) is 0. The average Bonchev–Trinajstić information content (AvgIpc) is 2.21. The molecule has 94 valence electrons. The van der Waals surface area contributed by atoms with Crippen molar-refractivity contribution in [2.75, 3.05) is 0 Å². The van der Waals surface area contributed by atoms with E-state index in [1.165, 1.54) is 0 Å². The van der Waals surface area contributed by atoms with Gasteiger partial charge in [-0.05, 0) is 12.8 Å². The minimum Gasteiger partial charge on any atom is -0.481 e. The Kier molecular flexibility index (Phi) is 7.60. The molecule has 16 heavy (non-hydrogen) atoms. The molecule has 0 bridgehead atoms. The van der Waals surface area contributed by atoms with Gasteiger partial charge in [0.05, 0.1) is 11.8 Å². The number of rotatable bonds is 9. The summed E-state index contributed by atoms with van der Waals surface area (Å²) < 4.78 is 0. The zero-order chi connectivity index (χ0) is 12.6. The topological polar surface area (TPSA) is 74.6 Å². The van der Waals surface area contributed by atoms with Gasteiger partial charge in [-0.1, -0.05) is 39.5 Å². The number of hydrogen-bond donors (Lipinski definition) is 2. The Morgan fingerprint density at radius 1 is 0.875 bits per heavy atom. The zero-order valence-corrected chi connectivity index (χ0v) is 10.1. The Bertz CT molecular complexity index is 201. The number of aliphatic carboxylic acids is 2. The van der Waals surface area contributed by atoms with Crippen LogP contribution in [0.25, 0.3) is 0 Å². The Hall–Kier alpha value is -1.06. The molecule has 0 spiro atoms. The molecule has 0 fully saturated rings. The van der Waals surface area contributed by atoms with Gasteiger partial charge in [-0.3, -0.25) is 9.59 Å². The van der Waals surface area contributed by atoms with Crippen molar-refractivity contribution >= 4 is 11.9 Å². The first-order chi connectivity index (χ1) is 7.54. The van der Waals surface area contributed by atoms with Crippen molar-refractivity contribution in [2.24, 2.45) is 11.8 Å². The van der Waals surface area contributed by atoms with Crippen molar-refractivity contribution in [3.63, 3.8) is 0 Å². The van der Waals surface area contributed by atoms with Crippen LogP contribution >= 0.6 is 0 Å². The van der Waals surface area contributed by atoms with E-state index in [1.807, 2.05) is 13.8 Å². The van der Waals surface area contributed by atoms with Gasteiger partial charge in [0, 0.05) is 0 Å². The van der Waals surface area contributed by atoms with Gasteiger partial charge < -0.3 is 10.2 Å². The summed E-state index contributed by atoms with van der Waals surface area (Å²) in [6.07, 6.45) is 4.26. The van der Waals surface area contributed by atoms with Gasteiger partial charge in [0.15, 0.2) is 0 Å². The molecule has 4 nitrogen and oxygen atoms in total. The molecule has 0 unspecified atom stereocenters. The molecule has 0 amide bonds. The first-order valence-corrected chi connectivity index (χ1v) is 6.00. The molecule has 0 aromatic rings. The molecular formula is C12H22O4. The van der Waals surface area contributed by atoms with Crippen LogP contribution in [0.1, 0.15) is 52.4 Å². The standard InChI is InChI=1S/C12H22O4/c1-3-5-7-9(11(13)14)10(12(15)16)8-6-4-2/h9-10H,3-8H2,1-2H3,(H,13,14)(H,15,16)/t9-,10+. The molecule has 0 aliphatic rings. The molecule has 0 heterocycles. The van der Waals surface area contributed by atoms with E-state index in [1.54, 1.807) is 0 Å². The van der Waals surface area contributed by atoms with Crippen molar-refractivity contribution in [2.45, 2.75) is 52.4 Å². The number of carboxylic acids is 2. The van der Waals surface area contributed by atoms with E-state index in [0.717, 1.165) is 25.7 Å². The Balaban J connectivity index is 4.52. The Labute approximate surface area is 96.7 Å². The van der Waals surface area contributed by atoms with Crippen molar-refractivity contribution < 1.29 is 19.8 Å². The third-order valence-electron chi connectivity index (χ3n) is 2.86. The van der Waals surface area contributed by atoms with Crippen LogP contribution in [0.5, 0.6) is 0 Å². The molecule has 0 saturated heterocycles. The largest absolute Gasteiger partial charge is 0.481 e. The van der Waals surface area contributed by atoms with Crippen LogP contribution < -0.4 is 0 Å². The van der Waals surface area contributed by atoms with E-state index >= 15 is 0 Å². The maximum Gasteiger partial charge on any atom is 0.307 e. The second-order valence-corrected chi connectivity index (χ2v) is 4.17. The summed E-state index contributed by atoms with van der Waals surface area (Å²) in [5, 5.41) is 18.1. The fourth-order valence-corrected chi connectivity index (χ4v) is 1.84.